The fraction of sp³-hybridized carbons (Fsp3) is 0.538. The topological polar surface area (TPSA) is 12.5 Å². The van der Waals surface area contributed by atoms with E-state index in [0.29, 0.717) is 31.1 Å². The van der Waals surface area contributed by atoms with E-state index in [1.165, 1.54) is 12.1 Å². The van der Waals surface area contributed by atoms with Crippen LogP contribution < -0.4 is 0 Å². The Bertz CT molecular complexity index is 396. The average molecular weight is 276 g/mol. The van der Waals surface area contributed by atoms with Crippen molar-refractivity contribution >= 4 is 11.6 Å². The fourth-order valence-corrected chi connectivity index (χ4v) is 2.31. The number of alkyl halides is 1. The van der Waals surface area contributed by atoms with Gasteiger partial charge in [-0.25, -0.2) is 8.78 Å². The van der Waals surface area contributed by atoms with Crippen molar-refractivity contribution in [3.63, 3.8) is 0 Å². The highest BCUT2D eigenvalue weighted by atomic mass is 35.5. The lowest BCUT2D eigenvalue weighted by Crippen LogP contribution is -2.48. The van der Waals surface area contributed by atoms with Crippen molar-refractivity contribution in [2.75, 3.05) is 19.0 Å². The molecule has 2 atom stereocenters. The largest absolute Gasteiger partial charge is 0.374 e. The van der Waals surface area contributed by atoms with E-state index in [1.54, 1.807) is 0 Å². The molecule has 1 aromatic carbocycles. The van der Waals surface area contributed by atoms with Crippen LogP contribution in [0.15, 0.2) is 18.2 Å². The van der Waals surface area contributed by atoms with Crippen molar-refractivity contribution in [1.29, 1.82) is 0 Å². The molecule has 1 aliphatic heterocycles. The molecule has 0 N–H and O–H groups in total. The first-order valence-corrected chi connectivity index (χ1v) is 6.48. The van der Waals surface area contributed by atoms with Crippen molar-refractivity contribution in [1.82, 2.24) is 4.90 Å². The highest BCUT2D eigenvalue weighted by molar-refractivity contribution is 6.18. The molecule has 1 aromatic rings. The van der Waals surface area contributed by atoms with Crippen LogP contribution in [0.2, 0.25) is 0 Å². The molecule has 0 bridgehead atoms. The zero-order chi connectivity index (χ0) is 13.1. The number of rotatable bonds is 3. The highest BCUT2D eigenvalue weighted by Gasteiger charge is 2.25. The van der Waals surface area contributed by atoms with Gasteiger partial charge in [-0.1, -0.05) is 0 Å². The molecule has 100 valence electrons. The Labute approximate surface area is 110 Å². The number of ether oxygens (including phenoxy) is 1. The predicted octanol–water partition coefficient (Wildman–Crippen LogP) is 2.79. The molecule has 1 heterocycles. The monoisotopic (exact) mass is 275 g/mol. The summed E-state index contributed by atoms with van der Waals surface area (Å²) in [5, 5.41) is 0. The SMILES string of the molecule is CC1COC(CCl)CN1Cc1cc(F)cc(F)c1. The van der Waals surface area contributed by atoms with Crippen molar-refractivity contribution in [3.05, 3.63) is 35.4 Å². The average Bonchev–Trinajstić information content (AvgIpc) is 2.30. The lowest BCUT2D eigenvalue weighted by atomic mass is 10.1. The van der Waals surface area contributed by atoms with Crippen molar-refractivity contribution in [2.24, 2.45) is 0 Å². The summed E-state index contributed by atoms with van der Waals surface area (Å²) in [7, 11) is 0. The number of halogens is 3. The normalized spacial score (nSPS) is 25.3. The van der Waals surface area contributed by atoms with Crippen LogP contribution in [0.4, 0.5) is 8.78 Å². The second-order valence-electron chi connectivity index (χ2n) is 4.67. The van der Waals surface area contributed by atoms with E-state index in [9.17, 15) is 8.78 Å². The first-order chi connectivity index (χ1) is 8.58. The molecule has 1 fully saturated rings. The molecule has 0 amide bonds. The summed E-state index contributed by atoms with van der Waals surface area (Å²) in [4.78, 5) is 2.13. The Hall–Kier alpha value is -0.710. The Morgan fingerprint density at radius 3 is 2.61 bits per heavy atom. The van der Waals surface area contributed by atoms with E-state index >= 15 is 0 Å². The third-order valence-corrected chi connectivity index (χ3v) is 3.46. The highest BCUT2D eigenvalue weighted by Crippen LogP contribution is 2.17. The molecule has 0 saturated carbocycles. The number of morpholine rings is 1. The second kappa shape index (κ2) is 5.95. The molecular weight excluding hydrogens is 260 g/mol. The van der Waals surface area contributed by atoms with Gasteiger partial charge in [0.1, 0.15) is 11.6 Å². The lowest BCUT2D eigenvalue weighted by molar-refractivity contribution is -0.0511. The molecule has 5 heteroatoms. The van der Waals surface area contributed by atoms with Crippen LogP contribution in [0.25, 0.3) is 0 Å². The molecule has 0 radical (unpaired) electrons. The summed E-state index contributed by atoms with van der Waals surface area (Å²) in [6.07, 6.45) is -0.0127. The van der Waals surface area contributed by atoms with Crippen LogP contribution >= 0.6 is 11.6 Å². The minimum atomic E-state index is -0.542. The van der Waals surface area contributed by atoms with Crippen LogP contribution in [0.1, 0.15) is 12.5 Å². The molecule has 0 aliphatic carbocycles. The van der Waals surface area contributed by atoms with E-state index in [2.05, 4.69) is 4.90 Å². The van der Waals surface area contributed by atoms with Gasteiger partial charge in [-0.05, 0) is 24.6 Å². The minimum Gasteiger partial charge on any atom is -0.374 e. The summed E-state index contributed by atoms with van der Waals surface area (Å²) < 4.78 is 31.8. The summed E-state index contributed by atoms with van der Waals surface area (Å²) in [6, 6.07) is 3.83. The maximum Gasteiger partial charge on any atom is 0.126 e. The zero-order valence-electron chi connectivity index (χ0n) is 10.2. The molecule has 1 saturated heterocycles. The first-order valence-electron chi connectivity index (χ1n) is 5.95. The Kier molecular flexibility index (Phi) is 4.54. The summed E-state index contributed by atoms with van der Waals surface area (Å²) >= 11 is 5.78. The third-order valence-electron chi connectivity index (χ3n) is 3.11. The molecule has 0 aromatic heterocycles. The van der Waals surface area contributed by atoms with Gasteiger partial charge >= 0.3 is 0 Å². The van der Waals surface area contributed by atoms with Crippen LogP contribution in [-0.2, 0) is 11.3 Å². The van der Waals surface area contributed by atoms with Gasteiger partial charge in [0, 0.05) is 31.1 Å². The number of hydrogen-bond donors (Lipinski definition) is 0. The number of nitrogens with zero attached hydrogens (tertiary/aromatic N) is 1. The Morgan fingerprint density at radius 2 is 2.00 bits per heavy atom. The summed E-state index contributed by atoms with van der Waals surface area (Å²) in [5.41, 5.74) is 0.634. The molecular formula is C13H16ClF2NO. The first kappa shape index (κ1) is 13.7. The van der Waals surface area contributed by atoms with E-state index < -0.39 is 11.6 Å². The predicted molar refractivity (Wildman–Crippen MR) is 66.7 cm³/mol. The molecule has 2 rings (SSSR count). The molecule has 2 nitrogen and oxygen atoms in total. The van der Waals surface area contributed by atoms with Crippen molar-refractivity contribution in [3.8, 4) is 0 Å². The van der Waals surface area contributed by atoms with E-state index in [1.807, 2.05) is 6.92 Å². The van der Waals surface area contributed by atoms with E-state index in [4.69, 9.17) is 16.3 Å². The zero-order valence-corrected chi connectivity index (χ0v) is 11.0. The van der Waals surface area contributed by atoms with Crippen LogP contribution in [0.3, 0.4) is 0 Å². The van der Waals surface area contributed by atoms with Gasteiger partial charge < -0.3 is 4.74 Å². The van der Waals surface area contributed by atoms with Gasteiger partial charge in [-0.15, -0.1) is 11.6 Å². The van der Waals surface area contributed by atoms with Crippen molar-refractivity contribution in [2.45, 2.75) is 25.6 Å². The third kappa shape index (κ3) is 3.40. The Balaban J connectivity index is 2.06. The second-order valence-corrected chi connectivity index (χ2v) is 4.97. The molecule has 0 spiro atoms. The van der Waals surface area contributed by atoms with Gasteiger partial charge in [0.2, 0.25) is 0 Å². The maximum atomic E-state index is 13.1. The van der Waals surface area contributed by atoms with Gasteiger partial charge in [0.15, 0.2) is 0 Å². The molecule has 18 heavy (non-hydrogen) atoms. The Morgan fingerprint density at radius 1 is 1.33 bits per heavy atom. The minimum absolute atomic E-state index is 0.0127. The summed E-state index contributed by atoms with van der Waals surface area (Å²) in [5.74, 6) is -0.652. The van der Waals surface area contributed by atoms with E-state index in [0.717, 1.165) is 6.07 Å². The van der Waals surface area contributed by atoms with Crippen LogP contribution in [-0.4, -0.2) is 36.1 Å². The number of benzene rings is 1. The van der Waals surface area contributed by atoms with Gasteiger partial charge in [0.25, 0.3) is 0 Å². The van der Waals surface area contributed by atoms with Crippen LogP contribution in [0, 0.1) is 11.6 Å². The van der Waals surface area contributed by atoms with Crippen LogP contribution in [0.5, 0.6) is 0 Å². The van der Waals surface area contributed by atoms with E-state index in [-0.39, 0.29) is 12.1 Å². The number of hydrogen-bond acceptors (Lipinski definition) is 2. The van der Waals surface area contributed by atoms with Gasteiger partial charge in [0.05, 0.1) is 12.7 Å². The quantitative estimate of drug-likeness (QED) is 0.787. The van der Waals surface area contributed by atoms with Gasteiger partial charge in [-0.2, -0.15) is 0 Å². The summed E-state index contributed by atoms with van der Waals surface area (Å²) in [6.45, 7) is 3.81. The lowest BCUT2D eigenvalue weighted by Gasteiger charge is -2.37. The molecule has 2 unspecified atom stereocenters. The standard InChI is InChI=1S/C13H16ClF2NO/c1-9-8-18-13(5-14)7-17(9)6-10-2-11(15)4-12(16)3-10/h2-4,9,13H,5-8H2,1H3. The van der Waals surface area contributed by atoms with Crippen molar-refractivity contribution < 1.29 is 13.5 Å². The maximum absolute atomic E-state index is 13.1. The smallest absolute Gasteiger partial charge is 0.126 e. The molecule has 1 aliphatic rings. The van der Waals surface area contributed by atoms with Gasteiger partial charge in [-0.3, -0.25) is 4.90 Å². The fourth-order valence-electron chi connectivity index (χ4n) is 2.13.